The predicted molar refractivity (Wildman–Crippen MR) is 103 cm³/mol. The van der Waals surface area contributed by atoms with E-state index in [2.05, 4.69) is 6.07 Å². The second kappa shape index (κ2) is 6.58. The summed E-state index contributed by atoms with van der Waals surface area (Å²) >= 11 is 0. The van der Waals surface area contributed by atoms with Crippen LogP contribution in [-0.2, 0) is 9.84 Å². The van der Waals surface area contributed by atoms with Crippen molar-refractivity contribution in [1.82, 2.24) is 0 Å². The van der Waals surface area contributed by atoms with Gasteiger partial charge in [-0.15, -0.1) is 0 Å². The normalized spacial score (nSPS) is 16.2. The third kappa shape index (κ3) is 2.96. The molecule has 0 N–H and O–H groups in total. The van der Waals surface area contributed by atoms with E-state index in [0.717, 1.165) is 5.56 Å². The van der Waals surface area contributed by atoms with Crippen LogP contribution in [0.25, 0.3) is 11.0 Å². The maximum absolute atomic E-state index is 13.3. The fourth-order valence-corrected chi connectivity index (χ4v) is 5.84. The quantitative estimate of drug-likeness (QED) is 0.575. The van der Waals surface area contributed by atoms with Gasteiger partial charge in [0.1, 0.15) is 16.2 Å². The van der Waals surface area contributed by atoms with Gasteiger partial charge in [-0.2, -0.15) is 0 Å². The van der Waals surface area contributed by atoms with Crippen molar-refractivity contribution in [2.75, 3.05) is 0 Å². The zero-order chi connectivity index (χ0) is 18.3. The van der Waals surface area contributed by atoms with Gasteiger partial charge < -0.3 is 4.42 Å². The minimum absolute atomic E-state index is 0.316. The van der Waals surface area contributed by atoms with Crippen LogP contribution in [0.3, 0.4) is 0 Å². The van der Waals surface area contributed by atoms with Crippen molar-refractivity contribution in [2.45, 2.75) is 61.7 Å². The summed E-state index contributed by atoms with van der Waals surface area (Å²) in [5.41, 5.74) is 2.81. The molecule has 0 amide bonds. The van der Waals surface area contributed by atoms with Crippen molar-refractivity contribution in [3.8, 4) is 0 Å². The molecule has 1 fully saturated rings. The Kier molecular flexibility index (Phi) is 4.39. The lowest BCUT2D eigenvalue weighted by Gasteiger charge is -2.21. The second-order valence-corrected chi connectivity index (χ2v) is 9.28. The standard InChI is InChI=1S/C22H24O3S/c1-15-7-6-10-19(13-15)26(23,24)22-16(2)25-21-12-11-18(14-20(21)22)17-8-4-3-5-9-17/h6-7,10-14,17H,3-5,8-9H2,1-2H3. The van der Waals surface area contributed by atoms with E-state index in [-0.39, 0.29) is 0 Å². The van der Waals surface area contributed by atoms with Crippen molar-refractivity contribution < 1.29 is 12.8 Å². The molecule has 0 saturated heterocycles. The number of hydrogen-bond donors (Lipinski definition) is 0. The Morgan fingerprint density at radius 3 is 2.46 bits per heavy atom. The lowest BCUT2D eigenvalue weighted by Crippen LogP contribution is -2.05. The van der Waals surface area contributed by atoms with Crippen molar-refractivity contribution in [3.63, 3.8) is 0 Å². The Balaban J connectivity index is 1.87. The lowest BCUT2D eigenvalue weighted by molar-refractivity contribution is 0.444. The van der Waals surface area contributed by atoms with Gasteiger partial charge in [0.2, 0.25) is 9.84 Å². The van der Waals surface area contributed by atoms with Crippen LogP contribution in [0.1, 0.15) is 54.9 Å². The number of benzene rings is 2. The van der Waals surface area contributed by atoms with Crippen LogP contribution >= 0.6 is 0 Å². The number of sulfone groups is 1. The molecule has 0 aliphatic heterocycles. The van der Waals surface area contributed by atoms with Gasteiger partial charge in [-0.3, -0.25) is 0 Å². The van der Waals surface area contributed by atoms with E-state index in [9.17, 15) is 8.42 Å². The molecule has 1 heterocycles. The van der Waals surface area contributed by atoms with Crippen molar-refractivity contribution in [1.29, 1.82) is 0 Å². The Labute approximate surface area is 155 Å². The molecular weight excluding hydrogens is 344 g/mol. The molecule has 0 radical (unpaired) electrons. The number of hydrogen-bond acceptors (Lipinski definition) is 3. The molecule has 2 aromatic carbocycles. The average Bonchev–Trinajstić information content (AvgIpc) is 2.98. The van der Waals surface area contributed by atoms with Gasteiger partial charge in [0, 0.05) is 5.39 Å². The first-order valence-corrected chi connectivity index (χ1v) is 10.8. The fourth-order valence-electron chi connectivity index (χ4n) is 4.14. The van der Waals surface area contributed by atoms with Crippen LogP contribution in [0.5, 0.6) is 0 Å². The highest BCUT2D eigenvalue weighted by atomic mass is 32.2. The third-order valence-corrected chi connectivity index (χ3v) is 7.40. The molecule has 3 nitrogen and oxygen atoms in total. The first kappa shape index (κ1) is 17.3. The first-order chi connectivity index (χ1) is 12.5. The molecule has 3 aromatic rings. The Morgan fingerprint density at radius 2 is 1.73 bits per heavy atom. The van der Waals surface area contributed by atoms with Gasteiger partial charge in [0.05, 0.1) is 4.90 Å². The summed E-state index contributed by atoms with van der Waals surface area (Å²) in [6, 6.07) is 13.1. The number of fused-ring (bicyclic) bond motifs is 1. The second-order valence-electron chi connectivity index (χ2n) is 7.40. The molecule has 0 spiro atoms. The molecule has 0 unspecified atom stereocenters. The summed E-state index contributed by atoms with van der Waals surface area (Å²) in [4.78, 5) is 0.641. The van der Waals surface area contributed by atoms with Crippen LogP contribution in [0.15, 0.2) is 56.7 Å². The molecule has 0 bridgehead atoms. The molecule has 4 heteroatoms. The third-order valence-electron chi connectivity index (χ3n) is 5.48. The Hall–Kier alpha value is -2.07. The zero-order valence-electron chi connectivity index (χ0n) is 15.3. The van der Waals surface area contributed by atoms with Crippen molar-refractivity contribution >= 4 is 20.8 Å². The molecule has 1 aliphatic rings. The summed E-state index contributed by atoms with van der Waals surface area (Å²) in [6.45, 7) is 3.64. The molecule has 0 atom stereocenters. The topological polar surface area (TPSA) is 47.3 Å². The highest BCUT2D eigenvalue weighted by molar-refractivity contribution is 7.91. The highest BCUT2D eigenvalue weighted by Gasteiger charge is 2.27. The largest absolute Gasteiger partial charge is 0.460 e. The van der Waals surface area contributed by atoms with Gasteiger partial charge in [-0.05, 0) is 68.0 Å². The molecule has 136 valence electrons. The van der Waals surface area contributed by atoms with E-state index in [1.807, 2.05) is 25.1 Å². The summed E-state index contributed by atoms with van der Waals surface area (Å²) in [5, 5.41) is 0.715. The van der Waals surface area contributed by atoms with Gasteiger partial charge in [0.25, 0.3) is 0 Å². The molecule has 1 aromatic heterocycles. The number of furan rings is 1. The van der Waals surface area contributed by atoms with Gasteiger partial charge >= 0.3 is 0 Å². The lowest BCUT2D eigenvalue weighted by atomic mass is 9.84. The van der Waals surface area contributed by atoms with E-state index in [1.165, 1.54) is 37.7 Å². The van der Waals surface area contributed by atoms with Gasteiger partial charge in [-0.25, -0.2) is 8.42 Å². The van der Waals surface area contributed by atoms with Crippen LogP contribution in [0.4, 0.5) is 0 Å². The average molecular weight is 368 g/mol. The van der Waals surface area contributed by atoms with E-state index in [0.29, 0.717) is 32.4 Å². The summed E-state index contributed by atoms with van der Waals surface area (Å²) in [6.07, 6.45) is 6.17. The first-order valence-electron chi connectivity index (χ1n) is 9.31. The van der Waals surface area contributed by atoms with E-state index in [1.54, 1.807) is 25.1 Å². The maximum atomic E-state index is 13.3. The van der Waals surface area contributed by atoms with Crippen molar-refractivity contribution in [3.05, 3.63) is 59.4 Å². The van der Waals surface area contributed by atoms with Crippen molar-refractivity contribution in [2.24, 2.45) is 0 Å². The SMILES string of the molecule is Cc1cccc(S(=O)(=O)c2c(C)oc3ccc(C4CCCCC4)cc23)c1. The number of aryl methyl sites for hydroxylation is 2. The fraction of sp³-hybridized carbons (Fsp3) is 0.364. The minimum atomic E-state index is -3.62. The molecule has 26 heavy (non-hydrogen) atoms. The summed E-state index contributed by atoms with van der Waals surface area (Å²) in [5.74, 6) is 0.986. The van der Waals surface area contributed by atoms with Crippen LogP contribution in [0.2, 0.25) is 0 Å². The monoisotopic (exact) mass is 368 g/mol. The van der Waals surface area contributed by atoms with Crippen LogP contribution in [0, 0.1) is 13.8 Å². The van der Waals surface area contributed by atoms with E-state index < -0.39 is 9.84 Å². The molecule has 1 aliphatic carbocycles. The zero-order valence-corrected chi connectivity index (χ0v) is 16.1. The van der Waals surface area contributed by atoms with E-state index >= 15 is 0 Å². The molecular formula is C22H24O3S. The molecule has 4 rings (SSSR count). The predicted octanol–water partition coefficient (Wildman–Crippen LogP) is 5.93. The smallest absolute Gasteiger partial charge is 0.210 e. The Morgan fingerprint density at radius 1 is 0.962 bits per heavy atom. The number of rotatable bonds is 3. The van der Waals surface area contributed by atoms with E-state index in [4.69, 9.17) is 4.42 Å². The maximum Gasteiger partial charge on any atom is 0.210 e. The van der Waals surface area contributed by atoms with Gasteiger partial charge in [-0.1, -0.05) is 37.5 Å². The minimum Gasteiger partial charge on any atom is -0.460 e. The van der Waals surface area contributed by atoms with Crippen LogP contribution in [-0.4, -0.2) is 8.42 Å². The van der Waals surface area contributed by atoms with Crippen LogP contribution < -0.4 is 0 Å². The summed E-state index contributed by atoms with van der Waals surface area (Å²) < 4.78 is 32.4. The van der Waals surface area contributed by atoms with Gasteiger partial charge in [0.15, 0.2) is 0 Å². The molecule has 1 saturated carbocycles. The Bertz CT molecular complexity index is 1050. The summed E-state index contributed by atoms with van der Waals surface area (Å²) in [7, 11) is -3.62. The highest BCUT2D eigenvalue weighted by Crippen LogP contribution is 2.38.